The SMILES string of the molecule is CC(OC(=O)c1cc(-c2ccccc2)nc2c1cnn2C(C)C)C(=O)Nc1ccccc1C(F)(F)F. The number of esters is 1. The third-order valence-electron chi connectivity index (χ3n) is 5.49. The van der Waals surface area contributed by atoms with Gasteiger partial charge in [0, 0.05) is 11.6 Å². The van der Waals surface area contributed by atoms with Crippen molar-refractivity contribution in [1.29, 1.82) is 0 Å². The topological polar surface area (TPSA) is 86.1 Å². The lowest BCUT2D eigenvalue weighted by Crippen LogP contribution is -2.31. The molecule has 36 heavy (non-hydrogen) atoms. The van der Waals surface area contributed by atoms with Crippen molar-refractivity contribution in [3.63, 3.8) is 0 Å². The minimum absolute atomic E-state index is 0.0386. The monoisotopic (exact) mass is 496 g/mol. The predicted octanol–water partition coefficient (Wildman–Crippen LogP) is 5.88. The number of hydrogen-bond acceptors (Lipinski definition) is 5. The number of benzene rings is 2. The van der Waals surface area contributed by atoms with E-state index in [0.29, 0.717) is 16.7 Å². The van der Waals surface area contributed by atoms with Gasteiger partial charge in [0.25, 0.3) is 5.91 Å². The first-order chi connectivity index (χ1) is 17.1. The van der Waals surface area contributed by atoms with Gasteiger partial charge in [0.15, 0.2) is 11.8 Å². The summed E-state index contributed by atoms with van der Waals surface area (Å²) in [5.41, 5.74) is 0.457. The Morgan fingerprint density at radius 2 is 1.67 bits per heavy atom. The van der Waals surface area contributed by atoms with Gasteiger partial charge in [0.1, 0.15) is 0 Å². The van der Waals surface area contributed by atoms with E-state index in [-0.39, 0.29) is 11.6 Å². The van der Waals surface area contributed by atoms with Crippen LogP contribution in [0.5, 0.6) is 0 Å². The minimum atomic E-state index is -4.66. The molecule has 7 nitrogen and oxygen atoms in total. The van der Waals surface area contributed by atoms with Gasteiger partial charge in [-0.1, -0.05) is 42.5 Å². The van der Waals surface area contributed by atoms with Crippen LogP contribution in [0.15, 0.2) is 66.9 Å². The summed E-state index contributed by atoms with van der Waals surface area (Å²) in [6.45, 7) is 5.14. The Bertz CT molecular complexity index is 1420. The quantitative estimate of drug-likeness (QED) is 0.337. The maximum atomic E-state index is 13.3. The average Bonchev–Trinajstić information content (AvgIpc) is 3.28. The van der Waals surface area contributed by atoms with Crippen LogP contribution >= 0.6 is 0 Å². The number of carbonyl (C=O) groups is 2. The summed E-state index contributed by atoms with van der Waals surface area (Å²) in [4.78, 5) is 30.5. The normalized spacial score (nSPS) is 12.5. The molecular formula is C26H23F3N4O3. The van der Waals surface area contributed by atoms with Crippen LogP contribution in [0.3, 0.4) is 0 Å². The Labute approximate surface area is 204 Å². The number of anilines is 1. The third-order valence-corrected chi connectivity index (χ3v) is 5.49. The number of aromatic nitrogens is 3. The number of rotatable bonds is 6. The van der Waals surface area contributed by atoms with Gasteiger partial charge in [-0.05, 0) is 39.0 Å². The first kappa shape index (κ1) is 24.9. The van der Waals surface area contributed by atoms with Gasteiger partial charge >= 0.3 is 12.1 Å². The number of halogens is 3. The molecule has 0 saturated carbocycles. The van der Waals surface area contributed by atoms with Crippen LogP contribution in [-0.4, -0.2) is 32.7 Å². The Morgan fingerprint density at radius 1 is 1.00 bits per heavy atom. The molecule has 10 heteroatoms. The van der Waals surface area contributed by atoms with Crippen LogP contribution in [0, 0.1) is 0 Å². The van der Waals surface area contributed by atoms with Crippen molar-refractivity contribution in [2.75, 3.05) is 5.32 Å². The number of amides is 1. The molecule has 0 aliphatic heterocycles. The summed E-state index contributed by atoms with van der Waals surface area (Å²) >= 11 is 0. The van der Waals surface area contributed by atoms with Gasteiger partial charge in [0.05, 0.1) is 34.1 Å². The van der Waals surface area contributed by atoms with Gasteiger partial charge < -0.3 is 10.1 Å². The molecule has 0 aliphatic rings. The third kappa shape index (κ3) is 5.07. The molecule has 0 saturated heterocycles. The number of nitrogens with zero attached hydrogens (tertiary/aromatic N) is 3. The van der Waals surface area contributed by atoms with Gasteiger partial charge in [-0.25, -0.2) is 14.5 Å². The van der Waals surface area contributed by atoms with Crippen LogP contribution in [0.2, 0.25) is 0 Å². The number of carbonyl (C=O) groups excluding carboxylic acids is 2. The summed E-state index contributed by atoms with van der Waals surface area (Å²) in [6, 6.07) is 15.3. The number of alkyl halides is 3. The molecule has 4 aromatic rings. The molecule has 0 bridgehead atoms. The molecule has 0 aliphatic carbocycles. The second-order valence-electron chi connectivity index (χ2n) is 8.42. The molecule has 186 valence electrons. The van der Waals surface area contributed by atoms with E-state index >= 15 is 0 Å². The lowest BCUT2D eigenvalue weighted by atomic mass is 10.1. The average molecular weight is 496 g/mol. The van der Waals surface area contributed by atoms with Crippen LogP contribution in [0.25, 0.3) is 22.3 Å². The van der Waals surface area contributed by atoms with E-state index in [2.05, 4.69) is 15.4 Å². The van der Waals surface area contributed by atoms with Crippen molar-refractivity contribution in [3.8, 4) is 11.3 Å². The van der Waals surface area contributed by atoms with Crippen LogP contribution in [0.4, 0.5) is 18.9 Å². The summed E-state index contributed by atoms with van der Waals surface area (Å²) in [5.74, 6) is -1.72. The Balaban J connectivity index is 1.63. The highest BCUT2D eigenvalue weighted by Gasteiger charge is 2.34. The zero-order valence-corrected chi connectivity index (χ0v) is 19.7. The molecule has 0 fully saturated rings. The maximum Gasteiger partial charge on any atom is 0.418 e. The van der Waals surface area contributed by atoms with E-state index in [1.807, 2.05) is 44.2 Å². The van der Waals surface area contributed by atoms with Gasteiger partial charge in [-0.2, -0.15) is 18.3 Å². The highest BCUT2D eigenvalue weighted by atomic mass is 19.4. The summed E-state index contributed by atoms with van der Waals surface area (Å²) in [6.07, 6.45) is -4.53. The number of para-hydroxylation sites is 1. The largest absolute Gasteiger partial charge is 0.449 e. The fourth-order valence-electron chi connectivity index (χ4n) is 3.67. The van der Waals surface area contributed by atoms with Gasteiger partial charge in [-0.15, -0.1) is 0 Å². The standard InChI is InChI=1S/C26H23F3N4O3/c1-15(2)33-23-19(14-30-33)18(13-22(31-23)17-9-5-4-6-10-17)25(35)36-16(3)24(34)32-21-12-8-7-11-20(21)26(27,28)29/h4-16H,1-3H3,(H,32,34). The molecule has 1 amide bonds. The molecule has 2 aromatic heterocycles. The number of ether oxygens (including phenoxy) is 1. The Hall–Kier alpha value is -4.21. The Morgan fingerprint density at radius 3 is 2.33 bits per heavy atom. The summed E-state index contributed by atoms with van der Waals surface area (Å²) in [7, 11) is 0. The lowest BCUT2D eigenvalue weighted by Gasteiger charge is -2.17. The molecule has 1 N–H and O–H groups in total. The zero-order valence-electron chi connectivity index (χ0n) is 19.7. The van der Waals surface area contributed by atoms with Gasteiger partial charge in [0.2, 0.25) is 0 Å². The van der Waals surface area contributed by atoms with E-state index in [1.54, 1.807) is 10.7 Å². The van der Waals surface area contributed by atoms with Crippen molar-refractivity contribution in [2.45, 2.75) is 39.1 Å². The molecular weight excluding hydrogens is 473 g/mol. The predicted molar refractivity (Wildman–Crippen MR) is 128 cm³/mol. The highest BCUT2D eigenvalue weighted by molar-refractivity contribution is 6.05. The van der Waals surface area contributed by atoms with Crippen molar-refractivity contribution < 1.29 is 27.5 Å². The van der Waals surface area contributed by atoms with Crippen LogP contribution < -0.4 is 5.32 Å². The van der Waals surface area contributed by atoms with E-state index in [0.717, 1.165) is 17.7 Å². The van der Waals surface area contributed by atoms with Crippen molar-refractivity contribution in [1.82, 2.24) is 14.8 Å². The Kier molecular flexibility index (Phi) is 6.78. The first-order valence-electron chi connectivity index (χ1n) is 11.2. The molecule has 2 aromatic carbocycles. The highest BCUT2D eigenvalue weighted by Crippen LogP contribution is 2.34. The van der Waals surface area contributed by atoms with E-state index in [9.17, 15) is 22.8 Å². The maximum absolute atomic E-state index is 13.3. The minimum Gasteiger partial charge on any atom is -0.449 e. The smallest absolute Gasteiger partial charge is 0.418 e. The zero-order chi connectivity index (χ0) is 26.0. The fourth-order valence-corrected chi connectivity index (χ4v) is 3.67. The molecule has 4 rings (SSSR count). The van der Waals surface area contributed by atoms with Crippen molar-refractivity contribution in [2.24, 2.45) is 0 Å². The number of fused-ring (bicyclic) bond motifs is 1. The summed E-state index contributed by atoms with van der Waals surface area (Å²) in [5, 5.41) is 6.97. The number of pyridine rings is 1. The fraction of sp³-hybridized carbons (Fsp3) is 0.231. The van der Waals surface area contributed by atoms with Gasteiger partial charge in [-0.3, -0.25) is 4.79 Å². The van der Waals surface area contributed by atoms with Crippen molar-refractivity contribution >= 4 is 28.6 Å². The number of nitrogens with one attached hydrogen (secondary N) is 1. The molecule has 0 spiro atoms. The molecule has 1 unspecified atom stereocenters. The van der Waals surface area contributed by atoms with E-state index in [4.69, 9.17) is 4.74 Å². The van der Waals surface area contributed by atoms with E-state index in [1.165, 1.54) is 25.3 Å². The molecule has 1 atom stereocenters. The van der Waals surface area contributed by atoms with Crippen molar-refractivity contribution in [3.05, 3.63) is 78.0 Å². The second-order valence-corrected chi connectivity index (χ2v) is 8.42. The molecule has 2 heterocycles. The molecule has 0 radical (unpaired) electrons. The summed E-state index contributed by atoms with van der Waals surface area (Å²) < 4.78 is 46.8. The van der Waals surface area contributed by atoms with Crippen LogP contribution in [0.1, 0.15) is 42.7 Å². The lowest BCUT2D eigenvalue weighted by molar-refractivity contribution is -0.137. The second kappa shape index (κ2) is 9.80. The number of hydrogen-bond donors (Lipinski definition) is 1. The van der Waals surface area contributed by atoms with E-state index < -0.39 is 35.4 Å². The first-order valence-corrected chi connectivity index (χ1v) is 11.2. The van der Waals surface area contributed by atoms with Crippen LogP contribution in [-0.2, 0) is 15.7 Å².